The van der Waals surface area contributed by atoms with Crippen LogP contribution >= 0.6 is 0 Å². The van der Waals surface area contributed by atoms with E-state index in [1.54, 1.807) is 6.20 Å². The van der Waals surface area contributed by atoms with Crippen molar-refractivity contribution in [3.8, 4) is 11.4 Å². The third-order valence-electron chi connectivity index (χ3n) is 5.00. The minimum absolute atomic E-state index is 0.766. The van der Waals surface area contributed by atoms with Gasteiger partial charge in [-0.25, -0.2) is 9.97 Å². The fraction of sp³-hybridized carbons (Fsp3) is 0.190. The summed E-state index contributed by atoms with van der Waals surface area (Å²) in [5.74, 6) is 0.766. The van der Waals surface area contributed by atoms with Crippen molar-refractivity contribution in [1.29, 1.82) is 0 Å². The summed E-state index contributed by atoms with van der Waals surface area (Å²) in [6.45, 7) is 2.84. The second kappa shape index (κ2) is 6.35. The van der Waals surface area contributed by atoms with Gasteiger partial charge in [-0.1, -0.05) is 18.2 Å². The molecule has 128 valence electrons. The number of hydrogen-bond acceptors (Lipinski definition) is 4. The van der Waals surface area contributed by atoms with E-state index in [1.807, 2.05) is 24.5 Å². The molecule has 5 rings (SSSR count). The molecule has 5 nitrogen and oxygen atoms in total. The molecule has 3 aromatic heterocycles. The average molecular weight is 341 g/mol. The van der Waals surface area contributed by atoms with Crippen LogP contribution in [0.4, 0.5) is 0 Å². The highest BCUT2D eigenvalue weighted by Gasteiger charge is 2.19. The number of H-pyrrole nitrogens is 1. The Labute approximate surface area is 151 Å². The van der Waals surface area contributed by atoms with Gasteiger partial charge < -0.3 is 4.98 Å². The van der Waals surface area contributed by atoms with Crippen LogP contribution in [0.1, 0.15) is 16.8 Å². The predicted octanol–water partition coefficient (Wildman–Crippen LogP) is 3.58. The average Bonchev–Trinajstić information content (AvgIpc) is 3.11. The maximum atomic E-state index is 4.78. The molecule has 4 heterocycles. The Morgan fingerprint density at radius 1 is 1.08 bits per heavy atom. The third-order valence-corrected chi connectivity index (χ3v) is 5.00. The van der Waals surface area contributed by atoms with E-state index in [-0.39, 0.29) is 0 Å². The minimum Gasteiger partial charge on any atom is -0.361 e. The molecular formula is C21H19N5. The van der Waals surface area contributed by atoms with Crippen LogP contribution in [0.5, 0.6) is 0 Å². The molecule has 0 fully saturated rings. The van der Waals surface area contributed by atoms with Crippen LogP contribution in [-0.2, 0) is 19.5 Å². The zero-order valence-corrected chi connectivity index (χ0v) is 14.4. The monoisotopic (exact) mass is 341 g/mol. The first-order valence-electron chi connectivity index (χ1n) is 8.89. The van der Waals surface area contributed by atoms with Crippen molar-refractivity contribution in [2.75, 3.05) is 6.54 Å². The molecule has 1 aromatic carbocycles. The lowest BCUT2D eigenvalue weighted by Crippen LogP contribution is -2.30. The van der Waals surface area contributed by atoms with Gasteiger partial charge in [0.15, 0.2) is 5.82 Å². The first kappa shape index (κ1) is 15.2. The van der Waals surface area contributed by atoms with Crippen LogP contribution in [0.25, 0.3) is 22.3 Å². The first-order valence-corrected chi connectivity index (χ1v) is 8.89. The van der Waals surface area contributed by atoms with Crippen LogP contribution in [0, 0.1) is 0 Å². The normalized spacial score (nSPS) is 14.5. The van der Waals surface area contributed by atoms with Crippen LogP contribution in [0.3, 0.4) is 0 Å². The van der Waals surface area contributed by atoms with E-state index in [1.165, 1.54) is 22.0 Å². The van der Waals surface area contributed by atoms with Gasteiger partial charge in [0.2, 0.25) is 0 Å². The molecule has 1 N–H and O–H groups in total. The van der Waals surface area contributed by atoms with Gasteiger partial charge in [-0.15, -0.1) is 0 Å². The number of rotatable bonds is 3. The van der Waals surface area contributed by atoms with Crippen LogP contribution in [0.15, 0.2) is 61.2 Å². The Bertz CT molecular complexity index is 1050. The van der Waals surface area contributed by atoms with Gasteiger partial charge in [0, 0.05) is 72.9 Å². The second-order valence-electron chi connectivity index (χ2n) is 6.73. The number of para-hydroxylation sites is 1. The highest BCUT2D eigenvalue weighted by Crippen LogP contribution is 2.24. The van der Waals surface area contributed by atoms with Crippen molar-refractivity contribution in [2.24, 2.45) is 0 Å². The van der Waals surface area contributed by atoms with Gasteiger partial charge >= 0.3 is 0 Å². The number of nitrogens with zero attached hydrogens (tertiary/aromatic N) is 4. The number of nitrogens with one attached hydrogen (secondary N) is 1. The summed E-state index contributed by atoms with van der Waals surface area (Å²) < 4.78 is 0. The van der Waals surface area contributed by atoms with Gasteiger partial charge in [-0.2, -0.15) is 0 Å². The molecule has 1 aliphatic rings. The van der Waals surface area contributed by atoms with Gasteiger partial charge in [-0.3, -0.25) is 9.88 Å². The molecule has 1 aliphatic heterocycles. The zero-order valence-electron chi connectivity index (χ0n) is 14.4. The zero-order chi connectivity index (χ0) is 17.3. The smallest absolute Gasteiger partial charge is 0.160 e. The molecular weight excluding hydrogens is 322 g/mol. The first-order chi connectivity index (χ1) is 12.9. The van der Waals surface area contributed by atoms with Crippen molar-refractivity contribution < 1.29 is 0 Å². The summed E-state index contributed by atoms with van der Waals surface area (Å²) in [5.41, 5.74) is 5.90. The lowest BCUT2D eigenvalue weighted by Gasteiger charge is -2.27. The number of pyridine rings is 1. The van der Waals surface area contributed by atoms with E-state index in [9.17, 15) is 0 Å². The lowest BCUT2D eigenvalue weighted by molar-refractivity contribution is 0.244. The summed E-state index contributed by atoms with van der Waals surface area (Å²) in [4.78, 5) is 19.3. The Hall–Kier alpha value is -3.05. The fourth-order valence-electron chi connectivity index (χ4n) is 3.65. The molecule has 0 unspecified atom stereocenters. The third kappa shape index (κ3) is 2.76. The lowest BCUT2D eigenvalue weighted by atomic mass is 10.1. The van der Waals surface area contributed by atoms with E-state index in [0.29, 0.717) is 0 Å². The Kier molecular flexibility index (Phi) is 3.72. The Morgan fingerprint density at radius 3 is 2.96 bits per heavy atom. The topological polar surface area (TPSA) is 57.7 Å². The minimum atomic E-state index is 0.766. The molecule has 26 heavy (non-hydrogen) atoms. The maximum absolute atomic E-state index is 4.78. The molecule has 5 heteroatoms. The van der Waals surface area contributed by atoms with Crippen molar-refractivity contribution >= 4 is 10.9 Å². The summed E-state index contributed by atoms with van der Waals surface area (Å²) in [5, 5.41) is 1.31. The Balaban J connectivity index is 1.37. The van der Waals surface area contributed by atoms with E-state index in [2.05, 4.69) is 50.3 Å². The van der Waals surface area contributed by atoms with Gasteiger partial charge in [0.05, 0.1) is 5.69 Å². The summed E-state index contributed by atoms with van der Waals surface area (Å²) in [6.07, 6.45) is 8.64. The number of aromatic nitrogens is 4. The summed E-state index contributed by atoms with van der Waals surface area (Å²) >= 11 is 0. The number of fused-ring (bicyclic) bond motifs is 2. The van der Waals surface area contributed by atoms with Crippen LogP contribution in [0.2, 0.25) is 0 Å². The molecule has 0 saturated carbocycles. The maximum Gasteiger partial charge on any atom is 0.160 e. The van der Waals surface area contributed by atoms with E-state index < -0.39 is 0 Å². The van der Waals surface area contributed by atoms with Crippen molar-refractivity contribution in [3.63, 3.8) is 0 Å². The Morgan fingerprint density at radius 2 is 2.04 bits per heavy atom. The highest BCUT2D eigenvalue weighted by atomic mass is 15.1. The van der Waals surface area contributed by atoms with Crippen molar-refractivity contribution in [3.05, 3.63) is 78.0 Å². The largest absolute Gasteiger partial charge is 0.361 e. The highest BCUT2D eigenvalue weighted by molar-refractivity contribution is 5.82. The molecule has 0 atom stereocenters. The second-order valence-corrected chi connectivity index (χ2v) is 6.73. The van der Waals surface area contributed by atoms with Crippen LogP contribution in [-0.4, -0.2) is 31.4 Å². The molecule has 4 aromatic rings. The molecule has 0 radical (unpaired) electrons. The summed E-state index contributed by atoms with van der Waals surface area (Å²) in [7, 11) is 0. The van der Waals surface area contributed by atoms with Crippen LogP contribution < -0.4 is 0 Å². The molecule has 0 aliphatic carbocycles. The van der Waals surface area contributed by atoms with Gasteiger partial charge in [-0.05, 0) is 23.8 Å². The number of aromatic amines is 1. The van der Waals surface area contributed by atoms with E-state index in [0.717, 1.165) is 43.1 Å². The molecule has 0 spiro atoms. The predicted molar refractivity (Wildman–Crippen MR) is 101 cm³/mol. The SMILES string of the molecule is c1cncc(-c2ncc3c(n2)CCN(Cc2c[nH]c4ccccc24)C3)c1. The van der Waals surface area contributed by atoms with Crippen molar-refractivity contribution in [2.45, 2.75) is 19.5 Å². The molecule has 0 amide bonds. The number of benzene rings is 1. The van der Waals surface area contributed by atoms with E-state index >= 15 is 0 Å². The molecule has 0 saturated heterocycles. The standard InChI is InChI=1S/C21H19N5/c1-2-6-20-18(5-1)16(11-23-20)13-26-9-7-19-17(14-26)12-24-21(25-19)15-4-3-8-22-10-15/h1-6,8,10-12,23H,7,9,13-14H2. The van der Waals surface area contributed by atoms with Crippen molar-refractivity contribution in [1.82, 2.24) is 24.8 Å². The fourth-order valence-corrected chi connectivity index (χ4v) is 3.65. The molecule has 0 bridgehead atoms. The quantitative estimate of drug-likeness (QED) is 0.619. The van der Waals surface area contributed by atoms with Gasteiger partial charge in [0.25, 0.3) is 0 Å². The summed E-state index contributed by atoms with van der Waals surface area (Å²) in [6, 6.07) is 12.4. The van der Waals surface area contributed by atoms with E-state index in [4.69, 9.17) is 4.98 Å². The number of hydrogen-bond donors (Lipinski definition) is 1. The van der Waals surface area contributed by atoms with Gasteiger partial charge in [0.1, 0.15) is 0 Å².